The number of aromatic amines is 1. The van der Waals surface area contributed by atoms with Crippen molar-refractivity contribution in [3.63, 3.8) is 0 Å². The molecule has 1 saturated heterocycles. The molecule has 2 aromatic heterocycles. The number of benzene rings is 1. The van der Waals surface area contributed by atoms with Crippen molar-refractivity contribution < 1.29 is 0 Å². The number of piperidine rings is 1. The lowest BCUT2D eigenvalue weighted by Gasteiger charge is -2.24. The van der Waals surface area contributed by atoms with Crippen LogP contribution in [0, 0.1) is 0 Å². The van der Waals surface area contributed by atoms with Gasteiger partial charge in [-0.05, 0) is 36.9 Å². The SMILES string of the molecule is CC(C)c1cnc(N[C@H]2CCCNC2)nc1-c1c[nH]c2ccccc12. The van der Waals surface area contributed by atoms with Gasteiger partial charge in [-0.1, -0.05) is 32.0 Å². The molecule has 1 atom stereocenters. The molecule has 5 nitrogen and oxygen atoms in total. The molecule has 3 N–H and O–H groups in total. The second-order valence-electron chi connectivity index (χ2n) is 7.09. The van der Waals surface area contributed by atoms with E-state index < -0.39 is 0 Å². The first-order valence-corrected chi connectivity index (χ1v) is 9.13. The molecule has 5 heteroatoms. The highest BCUT2D eigenvalue weighted by atomic mass is 15.1. The Morgan fingerprint density at radius 3 is 2.92 bits per heavy atom. The number of anilines is 1. The largest absolute Gasteiger partial charge is 0.360 e. The quantitative estimate of drug-likeness (QED) is 0.676. The minimum absolute atomic E-state index is 0.369. The van der Waals surface area contributed by atoms with Crippen LogP contribution in [0.15, 0.2) is 36.7 Å². The van der Waals surface area contributed by atoms with Crippen LogP contribution in [-0.2, 0) is 0 Å². The summed E-state index contributed by atoms with van der Waals surface area (Å²) in [5.41, 5.74) is 4.48. The first-order chi connectivity index (χ1) is 12.2. The summed E-state index contributed by atoms with van der Waals surface area (Å²) in [6, 6.07) is 8.76. The Hall–Kier alpha value is -2.40. The Kier molecular flexibility index (Phi) is 4.40. The molecule has 0 unspecified atom stereocenters. The standard InChI is InChI=1S/C20H25N5/c1-13(2)16-11-23-20(24-14-6-5-9-21-10-14)25-19(16)17-12-22-18-8-4-3-7-15(17)18/h3-4,7-8,11-14,21-22H,5-6,9-10H2,1-2H3,(H,23,24,25)/t14-/m0/s1. The number of nitrogens with zero attached hydrogens (tertiary/aromatic N) is 2. The summed E-state index contributed by atoms with van der Waals surface area (Å²) in [7, 11) is 0. The van der Waals surface area contributed by atoms with Crippen LogP contribution in [0.2, 0.25) is 0 Å². The monoisotopic (exact) mass is 335 g/mol. The van der Waals surface area contributed by atoms with Crippen LogP contribution in [0.1, 0.15) is 38.2 Å². The molecule has 1 fully saturated rings. The molecule has 4 rings (SSSR count). The molecule has 0 radical (unpaired) electrons. The Balaban J connectivity index is 1.74. The fraction of sp³-hybridized carbons (Fsp3) is 0.400. The Morgan fingerprint density at radius 1 is 1.24 bits per heavy atom. The van der Waals surface area contributed by atoms with Crippen LogP contribution in [0.25, 0.3) is 22.2 Å². The maximum absolute atomic E-state index is 4.91. The van der Waals surface area contributed by atoms with Gasteiger partial charge < -0.3 is 15.6 Å². The van der Waals surface area contributed by atoms with E-state index in [1.807, 2.05) is 6.20 Å². The van der Waals surface area contributed by atoms with Gasteiger partial charge in [-0.15, -0.1) is 0 Å². The van der Waals surface area contributed by atoms with Crippen molar-refractivity contribution in [2.45, 2.75) is 38.6 Å². The van der Waals surface area contributed by atoms with E-state index in [0.717, 1.165) is 42.2 Å². The van der Waals surface area contributed by atoms with Crippen molar-refractivity contribution in [3.05, 3.63) is 42.2 Å². The molecule has 25 heavy (non-hydrogen) atoms. The molecule has 1 aromatic carbocycles. The molecule has 0 aliphatic carbocycles. The van der Waals surface area contributed by atoms with E-state index in [1.165, 1.54) is 17.4 Å². The van der Waals surface area contributed by atoms with Gasteiger partial charge in [-0.2, -0.15) is 0 Å². The lowest BCUT2D eigenvalue weighted by molar-refractivity contribution is 0.478. The van der Waals surface area contributed by atoms with Crippen molar-refractivity contribution >= 4 is 16.9 Å². The van der Waals surface area contributed by atoms with Gasteiger partial charge >= 0.3 is 0 Å². The highest BCUT2D eigenvalue weighted by molar-refractivity contribution is 5.95. The summed E-state index contributed by atoms with van der Waals surface area (Å²) >= 11 is 0. The molecule has 130 valence electrons. The maximum Gasteiger partial charge on any atom is 0.223 e. The summed E-state index contributed by atoms with van der Waals surface area (Å²) < 4.78 is 0. The molecule has 0 bridgehead atoms. The average molecular weight is 335 g/mol. The summed E-state index contributed by atoms with van der Waals surface area (Å²) in [4.78, 5) is 12.9. The van der Waals surface area contributed by atoms with Crippen molar-refractivity contribution in [1.82, 2.24) is 20.3 Å². The zero-order valence-electron chi connectivity index (χ0n) is 14.8. The number of nitrogens with one attached hydrogen (secondary N) is 3. The van der Waals surface area contributed by atoms with Gasteiger partial charge in [0.1, 0.15) is 0 Å². The minimum atomic E-state index is 0.369. The van der Waals surface area contributed by atoms with Crippen LogP contribution >= 0.6 is 0 Å². The highest BCUT2D eigenvalue weighted by Crippen LogP contribution is 2.33. The predicted molar refractivity (Wildman–Crippen MR) is 103 cm³/mol. The van der Waals surface area contributed by atoms with Gasteiger partial charge in [0, 0.05) is 41.4 Å². The van der Waals surface area contributed by atoms with E-state index >= 15 is 0 Å². The van der Waals surface area contributed by atoms with E-state index in [4.69, 9.17) is 4.98 Å². The van der Waals surface area contributed by atoms with Gasteiger partial charge in [0.2, 0.25) is 5.95 Å². The molecular formula is C20H25N5. The second-order valence-corrected chi connectivity index (χ2v) is 7.09. The third-order valence-electron chi connectivity index (χ3n) is 4.91. The van der Waals surface area contributed by atoms with Gasteiger partial charge in [-0.3, -0.25) is 0 Å². The lowest BCUT2D eigenvalue weighted by Crippen LogP contribution is -2.38. The zero-order valence-corrected chi connectivity index (χ0v) is 14.8. The van der Waals surface area contributed by atoms with E-state index in [0.29, 0.717) is 12.0 Å². The molecular weight excluding hydrogens is 310 g/mol. The number of hydrogen-bond acceptors (Lipinski definition) is 4. The predicted octanol–water partition coefficient (Wildman–Crippen LogP) is 3.91. The summed E-state index contributed by atoms with van der Waals surface area (Å²) in [6.45, 7) is 6.45. The molecule has 0 saturated carbocycles. The van der Waals surface area contributed by atoms with Crippen molar-refractivity contribution in [2.75, 3.05) is 18.4 Å². The third-order valence-corrected chi connectivity index (χ3v) is 4.91. The summed E-state index contributed by atoms with van der Waals surface area (Å²) in [5, 5.41) is 8.13. The molecule has 3 aromatic rings. The van der Waals surface area contributed by atoms with Crippen molar-refractivity contribution in [2.24, 2.45) is 0 Å². The first kappa shape index (κ1) is 16.1. The van der Waals surface area contributed by atoms with E-state index in [2.05, 4.69) is 64.9 Å². The molecule has 0 spiro atoms. The van der Waals surface area contributed by atoms with Gasteiger partial charge in [0.05, 0.1) is 5.69 Å². The molecule has 1 aliphatic rings. The Morgan fingerprint density at radius 2 is 2.12 bits per heavy atom. The topological polar surface area (TPSA) is 65.6 Å². The minimum Gasteiger partial charge on any atom is -0.360 e. The second kappa shape index (κ2) is 6.84. The fourth-order valence-corrected chi connectivity index (χ4v) is 3.52. The van der Waals surface area contributed by atoms with Crippen LogP contribution in [0.5, 0.6) is 0 Å². The molecule has 3 heterocycles. The van der Waals surface area contributed by atoms with Gasteiger partial charge in [0.15, 0.2) is 0 Å². The van der Waals surface area contributed by atoms with E-state index in [1.54, 1.807) is 0 Å². The normalized spacial score (nSPS) is 18.0. The average Bonchev–Trinajstić information content (AvgIpc) is 3.06. The van der Waals surface area contributed by atoms with Crippen LogP contribution < -0.4 is 10.6 Å². The molecule has 0 amide bonds. The zero-order chi connectivity index (χ0) is 17.2. The number of aromatic nitrogens is 3. The number of para-hydroxylation sites is 1. The first-order valence-electron chi connectivity index (χ1n) is 9.13. The molecule has 1 aliphatic heterocycles. The van der Waals surface area contributed by atoms with Crippen LogP contribution in [0.3, 0.4) is 0 Å². The van der Waals surface area contributed by atoms with Gasteiger partial charge in [0.25, 0.3) is 0 Å². The highest BCUT2D eigenvalue weighted by Gasteiger charge is 2.18. The number of H-pyrrole nitrogens is 1. The van der Waals surface area contributed by atoms with E-state index in [9.17, 15) is 0 Å². The van der Waals surface area contributed by atoms with Crippen molar-refractivity contribution in [1.29, 1.82) is 0 Å². The lowest BCUT2D eigenvalue weighted by atomic mass is 9.98. The smallest absolute Gasteiger partial charge is 0.223 e. The fourth-order valence-electron chi connectivity index (χ4n) is 3.52. The Labute approximate surface area is 148 Å². The van der Waals surface area contributed by atoms with Gasteiger partial charge in [-0.25, -0.2) is 9.97 Å². The third kappa shape index (κ3) is 3.24. The van der Waals surface area contributed by atoms with Crippen molar-refractivity contribution in [3.8, 4) is 11.3 Å². The number of fused-ring (bicyclic) bond motifs is 1. The maximum atomic E-state index is 4.91. The summed E-state index contributed by atoms with van der Waals surface area (Å²) in [6.07, 6.45) is 6.39. The number of hydrogen-bond donors (Lipinski definition) is 3. The Bertz CT molecular complexity index is 861. The van der Waals surface area contributed by atoms with E-state index in [-0.39, 0.29) is 0 Å². The summed E-state index contributed by atoms with van der Waals surface area (Å²) in [5.74, 6) is 1.09. The van der Waals surface area contributed by atoms with Crippen LogP contribution in [-0.4, -0.2) is 34.1 Å². The van der Waals surface area contributed by atoms with Crippen LogP contribution in [0.4, 0.5) is 5.95 Å². The number of rotatable bonds is 4.